The minimum Gasteiger partial charge on any atom is -0.381 e. The molecule has 0 atom stereocenters. The zero-order valence-corrected chi connectivity index (χ0v) is 8.42. The molecule has 0 saturated heterocycles. The lowest BCUT2D eigenvalue weighted by Crippen LogP contribution is -2.19. The Morgan fingerprint density at radius 3 is 2.53 bits per heavy atom. The molecule has 0 spiro atoms. The number of pyridine rings is 1. The van der Waals surface area contributed by atoms with E-state index in [1.807, 2.05) is 0 Å². The molecule has 0 aliphatic heterocycles. The summed E-state index contributed by atoms with van der Waals surface area (Å²) in [5.41, 5.74) is -1.51. The molecule has 94 valence electrons. The smallest absolute Gasteiger partial charge is 0.381 e. The molecule has 0 saturated carbocycles. The molecule has 0 amide bonds. The highest BCUT2D eigenvalue weighted by molar-refractivity contribution is 5.51. The van der Waals surface area contributed by atoms with Crippen molar-refractivity contribution < 1.29 is 27.2 Å². The summed E-state index contributed by atoms with van der Waals surface area (Å²) >= 11 is 0. The normalized spacial score (nSPS) is 11.4. The molecule has 5 nitrogen and oxygen atoms in total. The number of nitro groups is 1. The first-order valence-electron chi connectivity index (χ1n) is 4.21. The van der Waals surface area contributed by atoms with Crippen molar-refractivity contribution in [2.24, 2.45) is 0 Å². The Hall–Kier alpha value is -1.93. The highest BCUT2D eigenvalue weighted by atomic mass is 19.4. The van der Waals surface area contributed by atoms with Gasteiger partial charge in [0.1, 0.15) is 6.67 Å². The molecule has 0 fully saturated rings. The number of aryl methyl sites for hydroxylation is 1. The number of alkyl halides is 4. The van der Waals surface area contributed by atoms with Crippen molar-refractivity contribution >= 4 is 5.69 Å². The average Bonchev–Trinajstić information content (AvgIpc) is 2.17. The minimum atomic E-state index is -5.12. The van der Waals surface area contributed by atoms with E-state index in [0.717, 1.165) is 6.20 Å². The van der Waals surface area contributed by atoms with Crippen LogP contribution in [-0.2, 0) is 6.67 Å². The average molecular weight is 254 g/mol. The molecular formula is C8H6F4N2O3. The minimum absolute atomic E-state index is 0.0775. The molecule has 1 aromatic rings. The third-order valence-corrected chi connectivity index (χ3v) is 1.87. The number of hydrogen-bond acceptors (Lipinski definition) is 4. The van der Waals surface area contributed by atoms with Crippen molar-refractivity contribution in [3.8, 4) is 5.88 Å². The second-order valence-corrected chi connectivity index (χ2v) is 3.01. The van der Waals surface area contributed by atoms with E-state index in [4.69, 9.17) is 0 Å². The van der Waals surface area contributed by atoms with Gasteiger partial charge in [-0.15, -0.1) is 13.2 Å². The zero-order valence-electron chi connectivity index (χ0n) is 8.42. The molecular weight excluding hydrogens is 248 g/mol. The fourth-order valence-corrected chi connectivity index (χ4v) is 1.15. The molecule has 1 heterocycles. The Kier molecular flexibility index (Phi) is 3.49. The maximum atomic E-state index is 12.6. The standard InChI is InChI=1S/C8H6F4N2O3/c1-4-3-13-7(17-8(10,11)12)6(14(15)16)5(4)2-9/h3H,2H2,1H3. The SMILES string of the molecule is Cc1cnc(OC(F)(F)F)c([N+](=O)[O-])c1CF. The highest BCUT2D eigenvalue weighted by Crippen LogP contribution is 2.34. The molecule has 0 aliphatic carbocycles. The van der Waals surface area contributed by atoms with Crippen LogP contribution in [0.1, 0.15) is 11.1 Å². The highest BCUT2D eigenvalue weighted by Gasteiger charge is 2.37. The Bertz CT molecular complexity index is 447. The van der Waals surface area contributed by atoms with Gasteiger partial charge >= 0.3 is 17.9 Å². The van der Waals surface area contributed by atoms with E-state index in [1.165, 1.54) is 6.92 Å². The van der Waals surface area contributed by atoms with E-state index in [9.17, 15) is 27.7 Å². The number of nitrogens with zero attached hydrogens (tertiary/aromatic N) is 2. The lowest BCUT2D eigenvalue weighted by Gasteiger charge is -2.10. The van der Waals surface area contributed by atoms with Crippen LogP contribution >= 0.6 is 0 Å². The van der Waals surface area contributed by atoms with Crippen molar-refractivity contribution in [1.29, 1.82) is 0 Å². The van der Waals surface area contributed by atoms with Gasteiger partial charge in [-0.25, -0.2) is 9.37 Å². The van der Waals surface area contributed by atoms with E-state index >= 15 is 0 Å². The van der Waals surface area contributed by atoms with E-state index in [0.29, 0.717) is 0 Å². The monoisotopic (exact) mass is 254 g/mol. The quantitative estimate of drug-likeness (QED) is 0.472. The summed E-state index contributed by atoms with van der Waals surface area (Å²) in [5.74, 6) is -1.26. The van der Waals surface area contributed by atoms with Gasteiger partial charge in [-0.05, 0) is 12.5 Å². The van der Waals surface area contributed by atoms with Crippen LogP contribution in [0.5, 0.6) is 5.88 Å². The van der Waals surface area contributed by atoms with Crippen molar-refractivity contribution in [1.82, 2.24) is 4.98 Å². The molecule has 0 N–H and O–H groups in total. The maximum absolute atomic E-state index is 12.6. The summed E-state index contributed by atoms with van der Waals surface area (Å²) in [6.07, 6.45) is -4.25. The Labute approximate surface area is 92.2 Å². The second kappa shape index (κ2) is 4.52. The number of ether oxygens (including phenoxy) is 1. The molecule has 0 unspecified atom stereocenters. The van der Waals surface area contributed by atoms with Crippen LogP contribution < -0.4 is 4.74 Å². The third-order valence-electron chi connectivity index (χ3n) is 1.87. The largest absolute Gasteiger partial charge is 0.574 e. The predicted octanol–water partition coefficient (Wildman–Crippen LogP) is 2.67. The van der Waals surface area contributed by atoms with Crippen LogP contribution in [0.4, 0.5) is 23.2 Å². The molecule has 17 heavy (non-hydrogen) atoms. The fourth-order valence-electron chi connectivity index (χ4n) is 1.15. The van der Waals surface area contributed by atoms with Gasteiger partial charge in [-0.3, -0.25) is 10.1 Å². The first-order chi connectivity index (χ1) is 7.76. The number of aromatic nitrogens is 1. The van der Waals surface area contributed by atoms with E-state index < -0.39 is 35.1 Å². The second-order valence-electron chi connectivity index (χ2n) is 3.01. The van der Waals surface area contributed by atoms with Crippen molar-refractivity contribution in [2.75, 3.05) is 0 Å². The van der Waals surface area contributed by atoms with Crippen molar-refractivity contribution in [3.63, 3.8) is 0 Å². The molecule has 0 aliphatic rings. The molecule has 0 aromatic carbocycles. The summed E-state index contributed by atoms with van der Waals surface area (Å²) in [7, 11) is 0. The van der Waals surface area contributed by atoms with Crippen LogP contribution in [0.2, 0.25) is 0 Å². The first-order valence-corrected chi connectivity index (χ1v) is 4.21. The number of hydrogen-bond donors (Lipinski definition) is 0. The lowest BCUT2D eigenvalue weighted by molar-refractivity contribution is -0.390. The third kappa shape index (κ3) is 3.02. The summed E-state index contributed by atoms with van der Waals surface area (Å²) in [5, 5.41) is 10.6. The summed E-state index contributed by atoms with van der Waals surface area (Å²) in [6.45, 7) is 0.0190. The van der Waals surface area contributed by atoms with Crippen LogP contribution in [0.3, 0.4) is 0 Å². The summed E-state index contributed by atoms with van der Waals surface area (Å²) < 4.78 is 51.8. The molecule has 0 radical (unpaired) electrons. The summed E-state index contributed by atoms with van der Waals surface area (Å²) in [4.78, 5) is 12.6. The molecule has 0 bridgehead atoms. The summed E-state index contributed by atoms with van der Waals surface area (Å²) in [6, 6.07) is 0. The van der Waals surface area contributed by atoms with Gasteiger partial charge in [0.05, 0.1) is 10.5 Å². The van der Waals surface area contributed by atoms with Crippen LogP contribution in [0, 0.1) is 17.0 Å². The Morgan fingerprint density at radius 2 is 2.12 bits per heavy atom. The van der Waals surface area contributed by atoms with Gasteiger partial charge in [-0.2, -0.15) is 0 Å². The van der Waals surface area contributed by atoms with Gasteiger partial charge in [-0.1, -0.05) is 0 Å². The Balaban J connectivity index is 3.36. The van der Waals surface area contributed by atoms with E-state index in [-0.39, 0.29) is 5.56 Å². The number of halogens is 4. The van der Waals surface area contributed by atoms with Crippen LogP contribution in [-0.4, -0.2) is 16.3 Å². The van der Waals surface area contributed by atoms with E-state index in [1.54, 1.807) is 0 Å². The van der Waals surface area contributed by atoms with Gasteiger partial charge in [0.2, 0.25) is 0 Å². The van der Waals surface area contributed by atoms with Crippen LogP contribution in [0.15, 0.2) is 6.20 Å². The van der Waals surface area contributed by atoms with Crippen molar-refractivity contribution in [3.05, 3.63) is 27.4 Å². The van der Waals surface area contributed by atoms with Crippen LogP contribution in [0.25, 0.3) is 0 Å². The van der Waals surface area contributed by atoms with Gasteiger partial charge < -0.3 is 4.74 Å². The first kappa shape index (κ1) is 13.1. The zero-order chi connectivity index (χ0) is 13.2. The molecule has 9 heteroatoms. The van der Waals surface area contributed by atoms with Crippen molar-refractivity contribution in [2.45, 2.75) is 20.0 Å². The van der Waals surface area contributed by atoms with E-state index in [2.05, 4.69) is 9.72 Å². The van der Waals surface area contributed by atoms with Gasteiger partial charge in [0.25, 0.3) is 0 Å². The van der Waals surface area contributed by atoms with Gasteiger partial charge in [0, 0.05) is 6.20 Å². The van der Waals surface area contributed by atoms with Gasteiger partial charge in [0.15, 0.2) is 0 Å². The Morgan fingerprint density at radius 1 is 1.53 bits per heavy atom. The number of rotatable bonds is 3. The maximum Gasteiger partial charge on any atom is 0.574 e. The lowest BCUT2D eigenvalue weighted by atomic mass is 10.1. The molecule has 1 rings (SSSR count). The predicted molar refractivity (Wildman–Crippen MR) is 47.1 cm³/mol. The topological polar surface area (TPSA) is 65.3 Å². The molecule has 1 aromatic heterocycles. The fraction of sp³-hybridized carbons (Fsp3) is 0.375.